The van der Waals surface area contributed by atoms with Gasteiger partial charge >= 0.3 is 0 Å². The maximum absolute atomic E-state index is 12.7. The molecule has 2 saturated carbocycles. The van der Waals surface area contributed by atoms with E-state index in [1.807, 2.05) is 0 Å². The van der Waals surface area contributed by atoms with Crippen LogP contribution in [0.4, 0.5) is 0 Å². The molecular formula is C15H14OS2. The average Bonchev–Trinajstić information content (AvgIpc) is 3.32. The quantitative estimate of drug-likeness (QED) is 0.732. The Morgan fingerprint density at radius 1 is 0.889 bits per heavy atom. The highest BCUT2D eigenvalue weighted by atomic mass is 32.1. The van der Waals surface area contributed by atoms with Crippen molar-refractivity contribution in [2.45, 2.75) is 37.5 Å². The van der Waals surface area contributed by atoms with Crippen LogP contribution in [0.2, 0.25) is 0 Å². The van der Waals surface area contributed by atoms with Gasteiger partial charge in [0.15, 0.2) is 0 Å². The highest BCUT2D eigenvalue weighted by Gasteiger charge is 2.33. The Kier molecular flexibility index (Phi) is 2.45. The zero-order chi connectivity index (χ0) is 12.1. The molecule has 0 aromatic carbocycles. The van der Waals surface area contributed by atoms with Crippen LogP contribution in [0.1, 0.15) is 63.2 Å². The molecule has 2 aromatic rings. The first kappa shape index (κ1) is 10.9. The molecular weight excluding hydrogens is 260 g/mol. The minimum absolute atomic E-state index is 0.281. The second-order valence-electron chi connectivity index (χ2n) is 5.29. The maximum Gasteiger partial charge on any atom is 0.213 e. The summed E-state index contributed by atoms with van der Waals surface area (Å²) in [5.41, 5.74) is 2.61. The third kappa shape index (κ3) is 1.77. The summed E-state index contributed by atoms with van der Waals surface area (Å²) >= 11 is 3.24. The first-order valence-electron chi connectivity index (χ1n) is 6.54. The Hall–Kier alpha value is -0.930. The van der Waals surface area contributed by atoms with Gasteiger partial charge in [-0.1, -0.05) is 0 Å². The molecule has 0 unspecified atom stereocenters. The lowest BCUT2D eigenvalue weighted by molar-refractivity contribution is 0.104. The van der Waals surface area contributed by atoms with Crippen LogP contribution < -0.4 is 0 Å². The highest BCUT2D eigenvalue weighted by Crippen LogP contribution is 2.46. The predicted molar refractivity (Wildman–Crippen MR) is 76.0 cm³/mol. The van der Waals surface area contributed by atoms with Gasteiger partial charge in [-0.05, 0) is 71.5 Å². The first-order valence-corrected chi connectivity index (χ1v) is 8.30. The number of hydrogen-bond donors (Lipinski definition) is 0. The van der Waals surface area contributed by atoms with Crippen molar-refractivity contribution in [1.82, 2.24) is 0 Å². The fourth-order valence-corrected chi connectivity index (χ4v) is 4.47. The molecule has 0 radical (unpaired) electrons. The molecule has 2 fully saturated rings. The zero-order valence-corrected chi connectivity index (χ0v) is 11.7. The molecule has 0 bridgehead atoms. The van der Waals surface area contributed by atoms with Crippen molar-refractivity contribution in [3.63, 3.8) is 0 Å². The molecule has 0 saturated heterocycles. The monoisotopic (exact) mass is 274 g/mol. The molecule has 1 nitrogen and oxygen atoms in total. The summed E-state index contributed by atoms with van der Waals surface area (Å²) < 4.78 is 0. The summed E-state index contributed by atoms with van der Waals surface area (Å²) in [7, 11) is 0. The van der Waals surface area contributed by atoms with Crippen LogP contribution in [0, 0.1) is 0 Å². The standard InChI is InChI=1S/C15H14OS2/c16-13(14-11(5-7-17-14)9-1-2-9)15-12(6-8-18-15)10-3-4-10/h5-10H,1-4H2. The second kappa shape index (κ2) is 4.04. The SMILES string of the molecule is O=C(c1sccc1C1CC1)c1sccc1C1CC1. The number of carbonyl (C=O) groups excluding carboxylic acids is 1. The van der Waals surface area contributed by atoms with Crippen LogP contribution in [0.15, 0.2) is 22.9 Å². The zero-order valence-electron chi connectivity index (χ0n) is 10.0. The van der Waals surface area contributed by atoms with Crippen LogP contribution in [0.3, 0.4) is 0 Å². The highest BCUT2D eigenvalue weighted by molar-refractivity contribution is 7.16. The lowest BCUT2D eigenvalue weighted by atomic mass is 10.1. The van der Waals surface area contributed by atoms with Crippen molar-refractivity contribution in [2.24, 2.45) is 0 Å². The largest absolute Gasteiger partial charge is 0.287 e. The molecule has 0 spiro atoms. The maximum atomic E-state index is 12.7. The number of hydrogen-bond acceptors (Lipinski definition) is 3. The van der Waals surface area contributed by atoms with Crippen LogP contribution in [-0.2, 0) is 0 Å². The molecule has 4 rings (SSSR count). The number of carbonyl (C=O) groups is 1. The topological polar surface area (TPSA) is 17.1 Å². The molecule has 2 aromatic heterocycles. The molecule has 18 heavy (non-hydrogen) atoms. The van der Waals surface area contributed by atoms with E-state index in [9.17, 15) is 4.79 Å². The Labute approximate surface area is 114 Å². The van der Waals surface area contributed by atoms with E-state index in [0.29, 0.717) is 11.8 Å². The summed E-state index contributed by atoms with van der Waals surface area (Å²) in [5.74, 6) is 1.61. The van der Waals surface area contributed by atoms with Gasteiger partial charge in [-0.25, -0.2) is 0 Å². The molecule has 0 atom stereocenters. The second-order valence-corrected chi connectivity index (χ2v) is 7.12. The van der Waals surface area contributed by atoms with Gasteiger partial charge in [0.05, 0.1) is 9.75 Å². The van der Waals surface area contributed by atoms with Gasteiger partial charge in [0.1, 0.15) is 0 Å². The van der Waals surface area contributed by atoms with Gasteiger partial charge in [-0.2, -0.15) is 0 Å². The number of ketones is 1. The molecule has 2 aliphatic carbocycles. The fourth-order valence-electron chi connectivity index (χ4n) is 2.54. The Morgan fingerprint density at radius 2 is 1.33 bits per heavy atom. The van der Waals surface area contributed by atoms with Crippen molar-refractivity contribution < 1.29 is 4.79 Å². The minimum Gasteiger partial charge on any atom is -0.287 e. The van der Waals surface area contributed by atoms with Gasteiger partial charge in [-0.3, -0.25) is 4.79 Å². The molecule has 2 aliphatic rings. The van der Waals surface area contributed by atoms with Crippen molar-refractivity contribution in [3.8, 4) is 0 Å². The Bertz CT molecular complexity index is 547. The van der Waals surface area contributed by atoms with E-state index in [-0.39, 0.29) is 5.78 Å². The molecule has 0 N–H and O–H groups in total. The summed E-state index contributed by atoms with van der Waals surface area (Å²) in [4.78, 5) is 14.7. The van der Waals surface area contributed by atoms with Crippen molar-refractivity contribution in [3.05, 3.63) is 43.8 Å². The minimum atomic E-state index is 0.281. The first-order chi connectivity index (χ1) is 8.84. The molecule has 92 valence electrons. The van der Waals surface area contributed by atoms with Crippen molar-refractivity contribution in [2.75, 3.05) is 0 Å². The van der Waals surface area contributed by atoms with E-state index in [1.165, 1.54) is 36.8 Å². The normalized spacial score (nSPS) is 19.1. The average molecular weight is 274 g/mol. The van der Waals surface area contributed by atoms with Gasteiger partial charge in [0, 0.05) is 0 Å². The molecule has 3 heteroatoms. The number of rotatable bonds is 4. The lowest BCUT2D eigenvalue weighted by Gasteiger charge is -2.02. The van der Waals surface area contributed by atoms with E-state index >= 15 is 0 Å². The molecule has 0 aliphatic heterocycles. The van der Waals surface area contributed by atoms with Gasteiger partial charge in [0.2, 0.25) is 5.78 Å². The van der Waals surface area contributed by atoms with Gasteiger partial charge in [0.25, 0.3) is 0 Å². The van der Waals surface area contributed by atoms with Crippen LogP contribution in [0.25, 0.3) is 0 Å². The van der Waals surface area contributed by atoms with Crippen molar-refractivity contribution in [1.29, 1.82) is 0 Å². The van der Waals surface area contributed by atoms with Gasteiger partial charge in [-0.15, -0.1) is 22.7 Å². The lowest BCUT2D eigenvalue weighted by Crippen LogP contribution is -2.01. The molecule has 2 heterocycles. The van der Waals surface area contributed by atoms with Gasteiger partial charge < -0.3 is 0 Å². The van der Waals surface area contributed by atoms with E-state index < -0.39 is 0 Å². The third-order valence-corrected chi connectivity index (χ3v) is 5.70. The fraction of sp³-hybridized carbons (Fsp3) is 0.400. The summed E-state index contributed by atoms with van der Waals surface area (Å²) in [5, 5.41) is 4.15. The molecule has 0 amide bonds. The van der Waals surface area contributed by atoms with E-state index in [2.05, 4.69) is 22.9 Å². The van der Waals surface area contributed by atoms with Crippen LogP contribution >= 0.6 is 22.7 Å². The summed E-state index contributed by atoms with van der Waals surface area (Å²) in [6.45, 7) is 0. The van der Waals surface area contributed by atoms with E-state index in [4.69, 9.17) is 0 Å². The Balaban J connectivity index is 1.72. The summed E-state index contributed by atoms with van der Waals surface area (Å²) in [6, 6.07) is 4.31. The van der Waals surface area contributed by atoms with E-state index in [1.54, 1.807) is 22.7 Å². The van der Waals surface area contributed by atoms with E-state index in [0.717, 1.165) is 9.75 Å². The Morgan fingerprint density at radius 3 is 1.72 bits per heavy atom. The summed E-state index contributed by atoms with van der Waals surface area (Å²) in [6.07, 6.45) is 5.04. The third-order valence-electron chi connectivity index (χ3n) is 3.84. The van der Waals surface area contributed by atoms with Crippen LogP contribution in [0.5, 0.6) is 0 Å². The predicted octanol–water partition coefficient (Wildman–Crippen LogP) is 4.80. The van der Waals surface area contributed by atoms with Crippen LogP contribution in [-0.4, -0.2) is 5.78 Å². The number of thiophene rings is 2. The van der Waals surface area contributed by atoms with Crippen molar-refractivity contribution >= 4 is 28.5 Å². The smallest absolute Gasteiger partial charge is 0.213 e.